The summed E-state index contributed by atoms with van der Waals surface area (Å²) in [5.41, 5.74) is 1.59. The number of hydrogen-bond donors (Lipinski definition) is 1. The number of carbonyl (C=O) groups excluding carboxylic acids is 1. The molecule has 2 aromatic rings. The molecule has 1 aromatic carbocycles. The maximum absolute atomic E-state index is 12.7. The van der Waals surface area contributed by atoms with Crippen molar-refractivity contribution in [2.75, 3.05) is 39.3 Å². The van der Waals surface area contributed by atoms with Gasteiger partial charge in [0.1, 0.15) is 11.3 Å². The molecule has 0 saturated carbocycles. The van der Waals surface area contributed by atoms with E-state index < -0.39 is 0 Å². The number of hydrogen-bond acceptors (Lipinski definition) is 3. The molecule has 0 aliphatic carbocycles. The van der Waals surface area contributed by atoms with Crippen LogP contribution in [0, 0.1) is 5.92 Å². The fourth-order valence-electron chi connectivity index (χ4n) is 4.31. The minimum absolute atomic E-state index is 0.0840. The average Bonchev–Trinajstić information content (AvgIpc) is 3.08. The van der Waals surface area contributed by atoms with Gasteiger partial charge in [0.05, 0.1) is 19.7 Å². The predicted molar refractivity (Wildman–Crippen MR) is 103 cm³/mol. The maximum atomic E-state index is 12.7. The largest absolute Gasteiger partial charge is 0.371 e. The molecule has 0 unspecified atom stereocenters. The van der Waals surface area contributed by atoms with Crippen molar-refractivity contribution < 1.29 is 9.53 Å². The molecule has 26 heavy (non-hydrogen) atoms. The van der Waals surface area contributed by atoms with Crippen LogP contribution in [0.1, 0.15) is 37.2 Å². The van der Waals surface area contributed by atoms with Gasteiger partial charge in [-0.1, -0.05) is 32.0 Å². The third-order valence-corrected chi connectivity index (χ3v) is 6.05. The second kappa shape index (κ2) is 7.05. The van der Waals surface area contributed by atoms with Crippen LogP contribution in [-0.2, 0) is 4.74 Å². The van der Waals surface area contributed by atoms with E-state index in [2.05, 4.69) is 23.7 Å². The number of aromatic amines is 1. The number of H-pyrrole nitrogens is 1. The van der Waals surface area contributed by atoms with Gasteiger partial charge in [-0.15, -0.1) is 0 Å². The van der Waals surface area contributed by atoms with E-state index in [4.69, 9.17) is 4.74 Å². The van der Waals surface area contributed by atoms with Crippen molar-refractivity contribution >= 4 is 16.8 Å². The van der Waals surface area contributed by atoms with Gasteiger partial charge in [-0.25, -0.2) is 0 Å². The van der Waals surface area contributed by atoms with Crippen molar-refractivity contribution in [2.45, 2.75) is 32.3 Å². The number of carbonyl (C=O) groups is 1. The normalized spacial score (nSPS) is 22.1. The number of likely N-dealkylation sites (tertiary alicyclic amines) is 1. The molecule has 0 bridgehead atoms. The lowest BCUT2D eigenvalue weighted by Gasteiger charge is -2.52. The molecule has 2 saturated heterocycles. The summed E-state index contributed by atoms with van der Waals surface area (Å²) in [5.74, 6) is 0.708. The molecule has 3 heterocycles. The van der Waals surface area contributed by atoms with Crippen molar-refractivity contribution in [3.05, 3.63) is 36.0 Å². The highest BCUT2D eigenvalue weighted by molar-refractivity contribution is 5.98. The quantitative estimate of drug-likeness (QED) is 0.896. The van der Waals surface area contributed by atoms with E-state index in [9.17, 15) is 4.79 Å². The Morgan fingerprint density at radius 1 is 1.31 bits per heavy atom. The summed E-state index contributed by atoms with van der Waals surface area (Å²) >= 11 is 0. The van der Waals surface area contributed by atoms with Crippen molar-refractivity contribution in [3.63, 3.8) is 0 Å². The number of aromatic nitrogens is 1. The van der Waals surface area contributed by atoms with Gasteiger partial charge >= 0.3 is 0 Å². The molecule has 5 nitrogen and oxygen atoms in total. The molecule has 140 valence electrons. The van der Waals surface area contributed by atoms with Crippen LogP contribution in [0.5, 0.6) is 0 Å². The highest BCUT2D eigenvalue weighted by Gasteiger charge is 2.48. The van der Waals surface area contributed by atoms with Crippen LogP contribution in [0.4, 0.5) is 0 Å². The Morgan fingerprint density at radius 2 is 2.08 bits per heavy atom. The molecule has 2 aliphatic heterocycles. The van der Waals surface area contributed by atoms with E-state index >= 15 is 0 Å². The lowest BCUT2D eigenvalue weighted by atomic mass is 9.82. The summed E-state index contributed by atoms with van der Waals surface area (Å²) < 4.78 is 6.25. The van der Waals surface area contributed by atoms with Crippen molar-refractivity contribution in [3.8, 4) is 0 Å². The van der Waals surface area contributed by atoms with Gasteiger partial charge < -0.3 is 19.5 Å². The summed E-state index contributed by atoms with van der Waals surface area (Å²) in [6.45, 7) is 10.0. The third kappa shape index (κ3) is 3.26. The van der Waals surface area contributed by atoms with Gasteiger partial charge in [0, 0.05) is 17.4 Å². The molecule has 2 aliphatic rings. The second-order valence-corrected chi connectivity index (χ2v) is 7.82. The Kier molecular flexibility index (Phi) is 4.76. The monoisotopic (exact) mass is 355 g/mol. The van der Waals surface area contributed by atoms with E-state index in [1.807, 2.05) is 35.2 Å². The predicted octanol–water partition coefficient (Wildman–Crippen LogP) is 3.13. The highest BCUT2D eigenvalue weighted by atomic mass is 16.5. The SMILES string of the molecule is CCN(CC)C[C@H]1CCC2(CN(C(=O)c3cc4ccccc4[nH]3)C2)OC1. The number of fused-ring (bicyclic) bond motifs is 1. The lowest BCUT2D eigenvalue weighted by molar-refractivity contribution is -0.168. The number of ether oxygens (including phenoxy) is 1. The van der Waals surface area contributed by atoms with Gasteiger partial charge in [0.2, 0.25) is 0 Å². The number of nitrogens with one attached hydrogen (secondary N) is 1. The summed E-state index contributed by atoms with van der Waals surface area (Å²) in [6, 6.07) is 9.96. The van der Waals surface area contributed by atoms with Crippen molar-refractivity contribution in [2.24, 2.45) is 5.92 Å². The van der Waals surface area contributed by atoms with Gasteiger partial charge in [-0.2, -0.15) is 0 Å². The fraction of sp³-hybridized carbons (Fsp3) is 0.571. The van der Waals surface area contributed by atoms with Crippen LogP contribution in [0.2, 0.25) is 0 Å². The summed E-state index contributed by atoms with van der Waals surface area (Å²) in [7, 11) is 0. The number of para-hydroxylation sites is 1. The number of nitrogens with zero attached hydrogens (tertiary/aromatic N) is 2. The zero-order valence-electron chi connectivity index (χ0n) is 15.8. The van der Waals surface area contributed by atoms with Crippen LogP contribution in [0.3, 0.4) is 0 Å². The highest BCUT2D eigenvalue weighted by Crippen LogP contribution is 2.37. The minimum Gasteiger partial charge on any atom is -0.371 e. The zero-order valence-corrected chi connectivity index (χ0v) is 15.8. The molecule has 1 N–H and O–H groups in total. The Labute approximate surface area is 155 Å². The van der Waals surface area contributed by atoms with E-state index in [0.29, 0.717) is 11.6 Å². The zero-order chi connectivity index (χ0) is 18.1. The fourth-order valence-corrected chi connectivity index (χ4v) is 4.31. The van der Waals surface area contributed by atoms with Gasteiger partial charge in [0.15, 0.2) is 0 Å². The molecule has 0 radical (unpaired) electrons. The standard InChI is InChI=1S/C21H29N3O2/c1-3-23(4-2)12-16-9-10-21(26-13-16)14-24(15-21)20(25)19-11-17-7-5-6-8-18(17)22-19/h5-8,11,16,22H,3-4,9-10,12-15H2,1-2H3/t16-/m1/s1. The van der Waals surface area contributed by atoms with Crippen LogP contribution >= 0.6 is 0 Å². The molecular weight excluding hydrogens is 326 g/mol. The van der Waals surface area contributed by atoms with Gasteiger partial charge in [0.25, 0.3) is 5.91 Å². The molecule has 5 heteroatoms. The molecule has 1 atom stereocenters. The summed E-state index contributed by atoms with van der Waals surface area (Å²) in [6.07, 6.45) is 2.26. The van der Waals surface area contributed by atoms with E-state index in [1.54, 1.807) is 0 Å². The Bertz CT molecular complexity index is 731. The summed E-state index contributed by atoms with van der Waals surface area (Å²) in [4.78, 5) is 20.4. The van der Waals surface area contributed by atoms with E-state index in [0.717, 1.165) is 56.7 Å². The Balaban J connectivity index is 1.32. The number of benzene rings is 1. The van der Waals surface area contributed by atoms with Crippen molar-refractivity contribution in [1.29, 1.82) is 0 Å². The van der Waals surface area contributed by atoms with Crippen LogP contribution in [0.25, 0.3) is 10.9 Å². The van der Waals surface area contributed by atoms with E-state index in [-0.39, 0.29) is 11.5 Å². The van der Waals surface area contributed by atoms with Crippen LogP contribution < -0.4 is 0 Å². The Morgan fingerprint density at radius 3 is 2.73 bits per heavy atom. The topological polar surface area (TPSA) is 48.6 Å². The molecular formula is C21H29N3O2. The number of rotatable bonds is 5. The van der Waals surface area contributed by atoms with Crippen LogP contribution in [-0.4, -0.2) is 65.6 Å². The maximum Gasteiger partial charge on any atom is 0.270 e. The minimum atomic E-state index is -0.0958. The average molecular weight is 355 g/mol. The van der Waals surface area contributed by atoms with Crippen molar-refractivity contribution in [1.82, 2.24) is 14.8 Å². The smallest absolute Gasteiger partial charge is 0.270 e. The second-order valence-electron chi connectivity index (χ2n) is 7.82. The van der Waals surface area contributed by atoms with E-state index in [1.165, 1.54) is 6.42 Å². The molecule has 2 fully saturated rings. The molecule has 4 rings (SSSR count). The first-order chi connectivity index (χ1) is 12.6. The van der Waals surface area contributed by atoms with Gasteiger partial charge in [-0.05, 0) is 44.0 Å². The molecule has 1 spiro atoms. The summed E-state index contributed by atoms with van der Waals surface area (Å²) in [5, 5.41) is 1.08. The third-order valence-electron chi connectivity index (χ3n) is 6.05. The molecule has 1 aromatic heterocycles. The number of amides is 1. The molecule has 1 amide bonds. The Hall–Kier alpha value is -1.85. The first kappa shape index (κ1) is 17.6. The van der Waals surface area contributed by atoms with Crippen LogP contribution in [0.15, 0.2) is 30.3 Å². The van der Waals surface area contributed by atoms with Gasteiger partial charge in [-0.3, -0.25) is 4.79 Å². The lowest BCUT2D eigenvalue weighted by Crippen LogP contribution is -2.66. The first-order valence-electron chi connectivity index (χ1n) is 9.86. The first-order valence-corrected chi connectivity index (χ1v) is 9.86.